The zero-order valence-electron chi connectivity index (χ0n) is 15.7. The van der Waals surface area contributed by atoms with E-state index in [-0.39, 0.29) is 12.5 Å². The molecule has 6 heteroatoms. The lowest BCUT2D eigenvalue weighted by atomic mass is 9.92. The van der Waals surface area contributed by atoms with Gasteiger partial charge in [0, 0.05) is 57.4 Å². The normalized spacial score (nSPS) is 21.3. The van der Waals surface area contributed by atoms with Gasteiger partial charge in [0.15, 0.2) is 0 Å². The summed E-state index contributed by atoms with van der Waals surface area (Å²) in [7, 11) is 2.02. The fourth-order valence-electron chi connectivity index (χ4n) is 4.02. The Hall–Kier alpha value is -2.18. The third kappa shape index (κ3) is 3.15. The summed E-state index contributed by atoms with van der Waals surface area (Å²) in [6, 6.07) is 6.86. The van der Waals surface area contributed by atoms with Crippen LogP contribution in [-0.2, 0) is 13.6 Å². The smallest absolute Gasteiger partial charge is 0.0955 e. The molecule has 0 bridgehead atoms. The number of imidazole rings is 1. The highest BCUT2D eigenvalue weighted by molar-refractivity contribution is 5.75. The van der Waals surface area contributed by atoms with Gasteiger partial charge in [-0.05, 0) is 37.1 Å². The molecule has 0 amide bonds. The van der Waals surface area contributed by atoms with E-state index in [0.717, 1.165) is 30.7 Å². The standard InChI is InChI=1S/C20H27N5O/c1-14(2)25-10-16(7-22-25)18-11-24(9-17(18)12-26)8-15-4-5-20-19(6-15)21-13-23(20)3/h4-7,10,13-14,17-18,26H,8-9,11-12H2,1-3H3/t17-,18-/m0/s1. The van der Waals surface area contributed by atoms with Crippen LogP contribution in [0.3, 0.4) is 0 Å². The van der Waals surface area contributed by atoms with Crippen LogP contribution in [-0.4, -0.2) is 49.0 Å². The Kier molecular flexibility index (Phi) is 4.54. The van der Waals surface area contributed by atoms with Crippen LogP contribution in [0.15, 0.2) is 36.9 Å². The van der Waals surface area contributed by atoms with Crippen molar-refractivity contribution in [3.63, 3.8) is 0 Å². The summed E-state index contributed by atoms with van der Waals surface area (Å²) in [6.45, 7) is 7.23. The molecule has 3 heterocycles. The maximum atomic E-state index is 9.88. The number of rotatable bonds is 5. The molecular formula is C20H27N5O. The second kappa shape index (κ2) is 6.85. The number of aromatic nitrogens is 4. The zero-order valence-corrected chi connectivity index (χ0v) is 15.7. The first-order valence-corrected chi connectivity index (χ1v) is 9.32. The Morgan fingerprint density at radius 3 is 2.85 bits per heavy atom. The van der Waals surface area contributed by atoms with Crippen LogP contribution in [0.25, 0.3) is 11.0 Å². The fraction of sp³-hybridized carbons (Fsp3) is 0.500. The fourth-order valence-corrected chi connectivity index (χ4v) is 4.02. The van der Waals surface area contributed by atoms with Crippen LogP contribution >= 0.6 is 0 Å². The number of likely N-dealkylation sites (tertiary alicyclic amines) is 1. The van der Waals surface area contributed by atoms with Crippen molar-refractivity contribution < 1.29 is 5.11 Å². The van der Waals surface area contributed by atoms with Crippen LogP contribution < -0.4 is 0 Å². The Balaban J connectivity index is 1.50. The number of aryl methyl sites for hydroxylation is 1. The second-order valence-corrected chi connectivity index (χ2v) is 7.77. The predicted octanol–water partition coefficient (Wildman–Crippen LogP) is 2.56. The summed E-state index contributed by atoms with van der Waals surface area (Å²) < 4.78 is 4.04. The summed E-state index contributed by atoms with van der Waals surface area (Å²) in [5, 5.41) is 14.4. The summed E-state index contributed by atoms with van der Waals surface area (Å²) >= 11 is 0. The van der Waals surface area contributed by atoms with Gasteiger partial charge in [0.1, 0.15) is 0 Å². The van der Waals surface area contributed by atoms with Crippen molar-refractivity contribution in [1.82, 2.24) is 24.2 Å². The molecule has 1 aliphatic rings. The summed E-state index contributed by atoms with van der Waals surface area (Å²) in [5.41, 5.74) is 4.70. The van der Waals surface area contributed by atoms with E-state index in [1.54, 1.807) is 0 Å². The van der Waals surface area contributed by atoms with E-state index in [4.69, 9.17) is 0 Å². The summed E-state index contributed by atoms with van der Waals surface area (Å²) in [6.07, 6.45) is 5.96. The Labute approximate surface area is 154 Å². The van der Waals surface area contributed by atoms with Crippen LogP contribution in [0.2, 0.25) is 0 Å². The Morgan fingerprint density at radius 1 is 1.27 bits per heavy atom. The number of fused-ring (bicyclic) bond motifs is 1. The van der Waals surface area contributed by atoms with Gasteiger partial charge in [-0.15, -0.1) is 0 Å². The molecule has 26 heavy (non-hydrogen) atoms. The highest BCUT2D eigenvalue weighted by Crippen LogP contribution is 2.33. The molecule has 1 aromatic carbocycles. The molecule has 2 aromatic heterocycles. The summed E-state index contributed by atoms with van der Waals surface area (Å²) in [5.74, 6) is 0.601. The van der Waals surface area contributed by atoms with Crippen LogP contribution in [0.4, 0.5) is 0 Å². The van der Waals surface area contributed by atoms with Gasteiger partial charge < -0.3 is 9.67 Å². The lowest BCUT2D eigenvalue weighted by Crippen LogP contribution is -2.20. The van der Waals surface area contributed by atoms with Crippen molar-refractivity contribution >= 4 is 11.0 Å². The molecule has 0 unspecified atom stereocenters. The number of aliphatic hydroxyl groups excluding tert-OH is 1. The molecule has 1 fully saturated rings. The first-order valence-electron chi connectivity index (χ1n) is 9.32. The SMILES string of the molecule is CC(C)n1cc([C@@H]2CN(Cc3ccc4c(c3)ncn4C)C[C@H]2CO)cn1. The highest BCUT2D eigenvalue weighted by Gasteiger charge is 2.34. The number of benzene rings is 1. The third-order valence-corrected chi connectivity index (χ3v) is 5.53. The van der Waals surface area contributed by atoms with Crippen molar-refractivity contribution in [2.24, 2.45) is 13.0 Å². The molecule has 0 radical (unpaired) electrons. The molecule has 1 N–H and O–H groups in total. The lowest BCUT2D eigenvalue weighted by Gasteiger charge is -2.15. The van der Waals surface area contributed by atoms with Crippen LogP contribution in [0.1, 0.15) is 36.9 Å². The van der Waals surface area contributed by atoms with Crippen LogP contribution in [0.5, 0.6) is 0 Å². The first-order chi connectivity index (χ1) is 12.5. The third-order valence-electron chi connectivity index (χ3n) is 5.53. The van der Waals surface area contributed by atoms with Gasteiger partial charge >= 0.3 is 0 Å². The van der Waals surface area contributed by atoms with Crippen molar-refractivity contribution in [2.75, 3.05) is 19.7 Å². The van der Waals surface area contributed by atoms with E-state index in [9.17, 15) is 5.11 Å². The number of hydrogen-bond donors (Lipinski definition) is 1. The predicted molar refractivity (Wildman–Crippen MR) is 102 cm³/mol. The minimum Gasteiger partial charge on any atom is -0.396 e. The van der Waals surface area contributed by atoms with Gasteiger partial charge in [-0.1, -0.05) is 6.07 Å². The topological polar surface area (TPSA) is 59.1 Å². The first kappa shape index (κ1) is 17.2. The van der Waals surface area contributed by atoms with E-state index in [1.165, 1.54) is 11.1 Å². The molecular weight excluding hydrogens is 326 g/mol. The molecule has 0 spiro atoms. The largest absolute Gasteiger partial charge is 0.396 e. The van der Waals surface area contributed by atoms with Crippen molar-refractivity contribution in [2.45, 2.75) is 32.4 Å². The lowest BCUT2D eigenvalue weighted by molar-refractivity contribution is 0.214. The van der Waals surface area contributed by atoms with E-state index in [2.05, 4.69) is 53.2 Å². The van der Waals surface area contributed by atoms with Crippen molar-refractivity contribution in [3.8, 4) is 0 Å². The second-order valence-electron chi connectivity index (χ2n) is 7.77. The van der Waals surface area contributed by atoms with E-state index in [1.807, 2.05) is 28.8 Å². The minimum atomic E-state index is 0.216. The van der Waals surface area contributed by atoms with Gasteiger partial charge in [0.25, 0.3) is 0 Å². The Morgan fingerprint density at radius 2 is 2.12 bits per heavy atom. The van der Waals surface area contributed by atoms with E-state index < -0.39 is 0 Å². The van der Waals surface area contributed by atoms with Gasteiger partial charge in [-0.3, -0.25) is 9.58 Å². The van der Waals surface area contributed by atoms with Crippen LogP contribution in [0, 0.1) is 5.92 Å². The molecule has 4 rings (SSSR count). The number of aliphatic hydroxyl groups is 1. The number of hydrogen-bond acceptors (Lipinski definition) is 4. The molecule has 3 aromatic rings. The maximum absolute atomic E-state index is 9.88. The quantitative estimate of drug-likeness (QED) is 0.766. The molecule has 6 nitrogen and oxygen atoms in total. The van der Waals surface area contributed by atoms with E-state index in [0.29, 0.717) is 12.0 Å². The molecule has 138 valence electrons. The minimum absolute atomic E-state index is 0.216. The van der Waals surface area contributed by atoms with Gasteiger partial charge in [0.05, 0.1) is 23.6 Å². The van der Waals surface area contributed by atoms with E-state index >= 15 is 0 Å². The molecule has 0 aliphatic carbocycles. The average molecular weight is 353 g/mol. The van der Waals surface area contributed by atoms with Crippen molar-refractivity contribution in [3.05, 3.63) is 48.0 Å². The van der Waals surface area contributed by atoms with Gasteiger partial charge in [0.2, 0.25) is 0 Å². The molecule has 1 saturated heterocycles. The average Bonchev–Trinajstić information content (AvgIpc) is 3.33. The van der Waals surface area contributed by atoms with Crippen molar-refractivity contribution in [1.29, 1.82) is 0 Å². The van der Waals surface area contributed by atoms with Gasteiger partial charge in [-0.25, -0.2) is 4.98 Å². The highest BCUT2D eigenvalue weighted by atomic mass is 16.3. The maximum Gasteiger partial charge on any atom is 0.0955 e. The van der Waals surface area contributed by atoms with Gasteiger partial charge in [-0.2, -0.15) is 5.10 Å². The zero-order chi connectivity index (χ0) is 18.3. The molecule has 2 atom stereocenters. The summed E-state index contributed by atoms with van der Waals surface area (Å²) in [4.78, 5) is 6.89. The molecule has 1 aliphatic heterocycles. The molecule has 0 saturated carbocycles. The monoisotopic (exact) mass is 353 g/mol. The Bertz CT molecular complexity index is 897. The number of nitrogens with zero attached hydrogens (tertiary/aromatic N) is 5.